The number of likely N-dealkylation sites (N-methyl/N-ethyl adjacent to an activating group) is 1. The van der Waals surface area contributed by atoms with Crippen molar-refractivity contribution < 1.29 is 4.79 Å². The molecule has 0 saturated carbocycles. The Bertz CT molecular complexity index is 999. The van der Waals surface area contributed by atoms with Gasteiger partial charge in [-0.15, -0.1) is 0 Å². The molecular formula is C21H21N3O. The van der Waals surface area contributed by atoms with Gasteiger partial charge in [0.25, 0.3) is 0 Å². The molecule has 0 aliphatic carbocycles. The third kappa shape index (κ3) is 2.64. The van der Waals surface area contributed by atoms with Gasteiger partial charge in [0.05, 0.1) is 11.6 Å². The van der Waals surface area contributed by atoms with Gasteiger partial charge in [-0.05, 0) is 48.2 Å². The number of carbonyl (C=O) groups excluding carboxylic acids is 1. The molecule has 1 aliphatic rings. The molecule has 126 valence electrons. The molecule has 1 atom stereocenters. The highest BCUT2D eigenvalue weighted by Crippen LogP contribution is 2.33. The number of hydrazone groups is 1. The Hall–Kier alpha value is -2.88. The topological polar surface area (TPSA) is 48.5 Å². The first-order valence-electron chi connectivity index (χ1n) is 8.53. The summed E-state index contributed by atoms with van der Waals surface area (Å²) < 4.78 is 0. The number of amides is 1. The Labute approximate surface area is 147 Å². The molecule has 2 heterocycles. The fraction of sp³-hybridized carbons (Fsp3) is 0.238. The molecule has 1 aromatic heterocycles. The maximum atomic E-state index is 12.8. The van der Waals surface area contributed by atoms with Crippen LogP contribution in [-0.4, -0.2) is 28.7 Å². The lowest BCUT2D eigenvalue weighted by atomic mass is 9.88. The molecule has 25 heavy (non-hydrogen) atoms. The van der Waals surface area contributed by atoms with E-state index >= 15 is 0 Å². The fourth-order valence-electron chi connectivity index (χ4n) is 3.50. The lowest BCUT2D eigenvalue weighted by molar-refractivity contribution is -0.132. The van der Waals surface area contributed by atoms with E-state index in [4.69, 9.17) is 0 Å². The normalized spacial score (nSPS) is 17.9. The van der Waals surface area contributed by atoms with E-state index in [2.05, 4.69) is 48.2 Å². The molecule has 1 aliphatic heterocycles. The third-order valence-electron chi connectivity index (χ3n) is 5.12. The molecule has 0 saturated heterocycles. The number of carbonyl (C=O) groups is 1. The van der Waals surface area contributed by atoms with Gasteiger partial charge in [-0.1, -0.05) is 30.3 Å². The Morgan fingerprint density at radius 1 is 1.12 bits per heavy atom. The maximum absolute atomic E-state index is 12.8. The van der Waals surface area contributed by atoms with Crippen LogP contribution in [0.2, 0.25) is 0 Å². The van der Waals surface area contributed by atoms with Crippen LogP contribution in [0.3, 0.4) is 0 Å². The summed E-state index contributed by atoms with van der Waals surface area (Å²) in [6.07, 6.45) is 2.58. The van der Waals surface area contributed by atoms with Crippen LogP contribution in [0.4, 0.5) is 0 Å². The molecular weight excluding hydrogens is 310 g/mol. The molecule has 0 spiro atoms. The zero-order valence-electron chi connectivity index (χ0n) is 14.7. The lowest BCUT2D eigenvalue weighted by Crippen LogP contribution is -2.35. The van der Waals surface area contributed by atoms with E-state index in [1.807, 2.05) is 24.4 Å². The SMILES string of the molecule is Cc1ccc(C2=NN(C)C(=O)C(c3c[nH]c4ccccc34)C2)cc1C. The van der Waals surface area contributed by atoms with E-state index < -0.39 is 0 Å². The Morgan fingerprint density at radius 2 is 1.92 bits per heavy atom. The van der Waals surface area contributed by atoms with Gasteiger partial charge in [0, 0.05) is 30.6 Å². The minimum absolute atomic E-state index is 0.0392. The van der Waals surface area contributed by atoms with Crippen molar-refractivity contribution in [3.05, 3.63) is 70.9 Å². The number of fused-ring (bicyclic) bond motifs is 1. The van der Waals surface area contributed by atoms with Crippen LogP contribution in [0.15, 0.2) is 53.8 Å². The third-order valence-corrected chi connectivity index (χ3v) is 5.12. The predicted molar refractivity (Wildman–Crippen MR) is 101 cm³/mol. The number of benzene rings is 2. The van der Waals surface area contributed by atoms with Gasteiger partial charge < -0.3 is 4.98 Å². The van der Waals surface area contributed by atoms with Crippen LogP contribution in [0.1, 0.15) is 34.6 Å². The zero-order valence-corrected chi connectivity index (χ0v) is 14.7. The van der Waals surface area contributed by atoms with Gasteiger partial charge in [-0.25, -0.2) is 5.01 Å². The van der Waals surface area contributed by atoms with Gasteiger partial charge in [-0.3, -0.25) is 4.79 Å². The highest BCUT2D eigenvalue weighted by atomic mass is 16.2. The smallest absolute Gasteiger partial charge is 0.250 e. The van der Waals surface area contributed by atoms with Crippen molar-refractivity contribution in [2.75, 3.05) is 7.05 Å². The van der Waals surface area contributed by atoms with Crippen LogP contribution >= 0.6 is 0 Å². The first kappa shape index (κ1) is 15.6. The van der Waals surface area contributed by atoms with E-state index in [-0.39, 0.29) is 11.8 Å². The van der Waals surface area contributed by atoms with Gasteiger partial charge in [0.15, 0.2) is 0 Å². The van der Waals surface area contributed by atoms with E-state index in [0.29, 0.717) is 6.42 Å². The molecule has 4 rings (SSSR count). The molecule has 2 aromatic carbocycles. The van der Waals surface area contributed by atoms with Gasteiger partial charge >= 0.3 is 0 Å². The van der Waals surface area contributed by atoms with E-state index in [9.17, 15) is 4.79 Å². The van der Waals surface area contributed by atoms with Crippen molar-refractivity contribution >= 4 is 22.5 Å². The molecule has 1 unspecified atom stereocenters. The molecule has 0 bridgehead atoms. The Kier molecular flexibility index (Phi) is 3.68. The molecule has 0 radical (unpaired) electrons. The largest absolute Gasteiger partial charge is 0.361 e. The second-order valence-corrected chi connectivity index (χ2v) is 6.75. The average molecular weight is 331 g/mol. The summed E-state index contributed by atoms with van der Waals surface area (Å²) in [7, 11) is 1.74. The highest BCUT2D eigenvalue weighted by Gasteiger charge is 2.32. The van der Waals surface area contributed by atoms with Crippen LogP contribution in [0.25, 0.3) is 10.9 Å². The summed E-state index contributed by atoms with van der Waals surface area (Å²) in [5, 5.41) is 7.13. The number of rotatable bonds is 2. The molecule has 1 amide bonds. The summed E-state index contributed by atoms with van der Waals surface area (Å²) in [6, 6.07) is 14.5. The summed E-state index contributed by atoms with van der Waals surface area (Å²) in [6.45, 7) is 4.21. The summed E-state index contributed by atoms with van der Waals surface area (Å²) in [5.74, 6) is -0.174. The average Bonchev–Trinajstić information content (AvgIpc) is 3.03. The minimum atomic E-state index is -0.213. The number of nitrogens with one attached hydrogen (secondary N) is 1. The van der Waals surface area contributed by atoms with Crippen molar-refractivity contribution in [2.24, 2.45) is 5.10 Å². The quantitative estimate of drug-likeness (QED) is 0.754. The standard InChI is InChI=1S/C21H21N3O/c1-13-8-9-15(10-14(13)2)20-11-17(21(25)24(3)23-20)18-12-22-19-7-5-4-6-16(18)19/h4-10,12,17,22H,11H2,1-3H3. The molecule has 0 fully saturated rings. The maximum Gasteiger partial charge on any atom is 0.250 e. The summed E-state index contributed by atoms with van der Waals surface area (Å²) in [4.78, 5) is 16.1. The van der Waals surface area contributed by atoms with Gasteiger partial charge in [0.2, 0.25) is 5.91 Å². The van der Waals surface area contributed by atoms with Crippen molar-refractivity contribution in [3.8, 4) is 0 Å². The second-order valence-electron chi connectivity index (χ2n) is 6.75. The Morgan fingerprint density at radius 3 is 2.72 bits per heavy atom. The fourth-order valence-corrected chi connectivity index (χ4v) is 3.50. The number of aromatic amines is 1. The molecule has 4 heteroatoms. The number of aromatic nitrogens is 1. The molecule has 1 N–H and O–H groups in total. The minimum Gasteiger partial charge on any atom is -0.361 e. The number of H-pyrrole nitrogens is 1. The first-order valence-corrected chi connectivity index (χ1v) is 8.53. The van der Waals surface area contributed by atoms with E-state index in [1.54, 1.807) is 7.05 Å². The number of hydrogen-bond acceptors (Lipinski definition) is 2. The van der Waals surface area contributed by atoms with Crippen LogP contribution in [0, 0.1) is 13.8 Å². The van der Waals surface area contributed by atoms with Crippen LogP contribution in [-0.2, 0) is 4.79 Å². The monoisotopic (exact) mass is 331 g/mol. The number of para-hydroxylation sites is 1. The molecule has 3 aromatic rings. The van der Waals surface area contributed by atoms with Crippen molar-refractivity contribution in [3.63, 3.8) is 0 Å². The van der Waals surface area contributed by atoms with E-state index in [1.165, 1.54) is 16.1 Å². The van der Waals surface area contributed by atoms with Gasteiger partial charge in [-0.2, -0.15) is 5.10 Å². The zero-order chi connectivity index (χ0) is 17.6. The highest BCUT2D eigenvalue weighted by molar-refractivity contribution is 6.07. The first-order chi connectivity index (χ1) is 12.0. The van der Waals surface area contributed by atoms with Crippen LogP contribution in [0.5, 0.6) is 0 Å². The number of hydrogen-bond donors (Lipinski definition) is 1. The summed E-state index contributed by atoms with van der Waals surface area (Å²) >= 11 is 0. The Balaban J connectivity index is 1.76. The summed E-state index contributed by atoms with van der Waals surface area (Å²) in [5.41, 5.74) is 6.65. The molecule has 4 nitrogen and oxygen atoms in total. The van der Waals surface area contributed by atoms with Crippen molar-refractivity contribution in [1.29, 1.82) is 0 Å². The van der Waals surface area contributed by atoms with Gasteiger partial charge in [0.1, 0.15) is 0 Å². The number of aryl methyl sites for hydroxylation is 2. The second kappa shape index (κ2) is 5.88. The number of nitrogens with zero attached hydrogens (tertiary/aromatic N) is 2. The lowest BCUT2D eigenvalue weighted by Gasteiger charge is -2.27. The van der Waals surface area contributed by atoms with E-state index in [0.717, 1.165) is 27.7 Å². The predicted octanol–water partition coefficient (Wildman–Crippen LogP) is 4.13. The van der Waals surface area contributed by atoms with Crippen molar-refractivity contribution in [2.45, 2.75) is 26.2 Å². The van der Waals surface area contributed by atoms with Crippen LogP contribution < -0.4 is 0 Å². The van der Waals surface area contributed by atoms with Crippen molar-refractivity contribution in [1.82, 2.24) is 9.99 Å².